The minimum Gasteiger partial charge on any atom is -0.316 e. The molecule has 0 bridgehead atoms. The lowest BCUT2D eigenvalue weighted by atomic mass is 10.2. The number of thioether (sulfide) groups is 1. The number of hydroxylamine groups is 1. The Labute approximate surface area is 80.9 Å². The summed E-state index contributed by atoms with van der Waals surface area (Å²) in [4.78, 5) is 1.09. The Morgan fingerprint density at radius 2 is 2.33 bits per heavy atom. The highest BCUT2D eigenvalue weighted by atomic mass is 35.5. The van der Waals surface area contributed by atoms with E-state index < -0.39 is 0 Å². The van der Waals surface area contributed by atoms with Crippen molar-refractivity contribution in [2.75, 3.05) is 6.26 Å². The number of halogens is 1. The fraction of sp³-hybridized carbons (Fsp3) is 0.250. The van der Waals surface area contributed by atoms with Gasteiger partial charge < -0.3 is 5.21 Å². The Morgan fingerprint density at radius 1 is 1.58 bits per heavy atom. The van der Waals surface area contributed by atoms with Crippen LogP contribution in [0, 0.1) is 0 Å². The van der Waals surface area contributed by atoms with Gasteiger partial charge in [0.15, 0.2) is 0 Å². The van der Waals surface area contributed by atoms with Crippen molar-refractivity contribution in [3.63, 3.8) is 0 Å². The van der Waals surface area contributed by atoms with E-state index in [1.165, 1.54) is 0 Å². The Balaban J connectivity index is 3.02. The van der Waals surface area contributed by atoms with E-state index in [1.54, 1.807) is 11.8 Å². The summed E-state index contributed by atoms with van der Waals surface area (Å²) < 4.78 is 0. The lowest BCUT2D eigenvalue weighted by Crippen LogP contribution is -2.07. The first-order valence-corrected chi connectivity index (χ1v) is 5.08. The predicted octanol–water partition coefficient (Wildman–Crippen LogP) is 2.54. The normalized spacial score (nSPS) is 10.2. The van der Waals surface area contributed by atoms with Gasteiger partial charge in [0.25, 0.3) is 0 Å². The highest BCUT2D eigenvalue weighted by Crippen LogP contribution is 2.26. The van der Waals surface area contributed by atoms with E-state index in [2.05, 4.69) is 5.48 Å². The molecule has 0 aromatic heterocycles. The molecular formula is C8H10ClNOS. The smallest absolute Gasteiger partial charge is 0.0483 e. The molecule has 0 radical (unpaired) electrons. The largest absolute Gasteiger partial charge is 0.316 e. The second kappa shape index (κ2) is 4.72. The van der Waals surface area contributed by atoms with Crippen molar-refractivity contribution in [1.82, 2.24) is 5.48 Å². The van der Waals surface area contributed by atoms with Crippen LogP contribution < -0.4 is 5.48 Å². The average Bonchev–Trinajstić information content (AvgIpc) is 2.09. The van der Waals surface area contributed by atoms with Gasteiger partial charge in [0, 0.05) is 22.0 Å². The Hall–Kier alpha value is -0.220. The molecule has 1 aromatic carbocycles. The SMILES string of the molecule is CSc1cccc(Cl)c1CNO. The fourth-order valence-corrected chi connectivity index (χ4v) is 1.92. The Kier molecular flexibility index (Phi) is 3.88. The zero-order valence-electron chi connectivity index (χ0n) is 6.67. The van der Waals surface area contributed by atoms with Crippen molar-refractivity contribution in [3.05, 3.63) is 28.8 Å². The molecule has 1 rings (SSSR count). The third-order valence-electron chi connectivity index (χ3n) is 1.55. The van der Waals surface area contributed by atoms with Crippen LogP contribution in [0.2, 0.25) is 5.02 Å². The summed E-state index contributed by atoms with van der Waals surface area (Å²) in [5.74, 6) is 0. The van der Waals surface area contributed by atoms with Gasteiger partial charge in [-0.25, -0.2) is 5.48 Å². The van der Waals surface area contributed by atoms with Crippen LogP contribution in [0.1, 0.15) is 5.56 Å². The lowest BCUT2D eigenvalue weighted by molar-refractivity contribution is 0.160. The van der Waals surface area contributed by atoms with Gasteiger partial charge in [0.05, 0.1) is 0 Å². The summed E-state index contributed by atoms with van der Waals surface area (Å²) in [5.41, 5.74) is 3.04. The van der Waals surface area contributed by atoms with Crippen LogP contribution in [-0.4, -0.2) is 11.5 Å². The van der Waals surface area contributed by atoms with Crippen molar-refractivity contribution in [2.24, 2.45) is 0 Å². The van der Waals surface area contributed by atoms with E-state index in [-0.39, 0.29) is 0 Å². The van der Waals surface area contributed by atoms with E-state index >= 15 is 0 Å². The molecule has 0 amide bonds. The second-order valence-corrected chi connectivity index (χ2v) is 3.51. The maximum Gasteiger partial charge on any atom is 0.0483 e. The molecule has 1 aromatic rings. The summed E-state index contributed by atoms with van der Waals surface area (Å²) >= 11 is 7.54. The summed E-state index contributed by atoms with van der Waals surface area (Å²) in [5, 5.41) is 9.23. The number of benzene rings is 1. The Morgan fingerprint density at radius 3 is 2.92 bits per heavy atom. The maximum absolute atomic E-state index is 8.55. The zero-order chi connectivity index (χ0) is 8.97. The Bertz CT molecular complexity index is 267. The van der Waals surface area contributed by atoms with Crippen molar-refractivity contribution in [1.29, 1.82) is 0 Å². The summed E-state index contributed by atoms with van der Waals surface area (Å²) in [6.45, 7) is 0.385. The molecule has 0 fully saturated rings. The van der Waals surface area contributed by atoms with Gasteiger partial charge >= 0.3 is 0 Å². The third-order valence-corrected chi connectivity index (χ3v) is 2.73. The summed E-state index contributed by atoms with van der Waals surface area (Å²) in [7, 11) is 0. The van der Waals surface area contributed by atoms with E-state index in [4.69, 9.17) is 16.8 Å². The first-order valence-electron chi connectivity index (χ1n) is 3.48. The summed E-state index contributed by atoms with van der Waals surface area (Å²) in [6, 6.07) is 5.69. The van der Waals surface area contributed by atoms with Gasteiger partial charge in [-0.1, -0.05) is 17.7 Å². The van der Waals surface area contributed by atoms with Gasteiger partial charge in [0.2, 0.25) is 0 Å². The molecule has 0 heterocycles. The second-order valence-electron chi connectivity index (χ2n) is 2.26. The first-order chi connectivity index (χ1) is 5.79. The molecule has 4 heteroatoms. The van der Waals surface area contributed by atoms with Gasteiger partial charge in [-0.05, 0) is 18.4 Å². The van der Waals surface area contributed by atoms with Crippen LogP contribution >= 0.6 is 23.4 Å². The first kappa shape index (κ1) is 9.86. The monoisotopic (exact) mass is 203 g/mol. The van der Waals surface area contributed by atoms with Crippen LogP contribution in [0.3, 0.4) is 0 Å². The molecular weight excluding hydrogens is 194 g/mol. The molecule has 0 atom stereocenters. The molecule has 0 saturated carbocycles. The van der Waals surface area contributed by atoms with Crippen LogP contribution in [-0.2, 0) is 6.54 Å². The highest BCUT2D eigenvalue weighted by molar-refractivity contribution is 7.98. The molecule has 0 saturated heterocycles. The molecule has 12 heavy (non-hydrogen) atoms. The minimum absolute atomic E-state index is 0.385. The van der Waals surface area contributed by atoms with Gasteiger partial charge in [-0.2, -0.15) is 0 Å². The van der Waals surface area contributed by atoms with Gasteiger partial charge in [-0.3, -0.25) is 0 Å². The molecule has 0 aliphatic heterocycles. The third kappa shape index (κ3) is 2.14. The maximum atomic E-state index is 8.55. The zero-order valence-corrected chi connectivity index (χ0v) is 8.25. The average molecular weight is 204 g/mol. The number of rotatable bonds is 3. The van der Waals surface area contributed by atoms with Crippen molar-refractivity contribution < 1.29 is 5.21 Å². The van der Waals surface area contributed by atoms with Crippen LogP contribution in [0.15, 0.2) is 23.1 Å². The molecule has 0 aliphatic carbocycles. The van der Waals surface area contributed by atoms with Crippen molar-refractivity contribution in [2.45, 2.75) is 11.4 Å². The standard InChI is InChI=1S/C8H10ClNOS/c1-12-8-4-2-3-7(9)6(8)5-10-11/h2-4,10-11H,5H2,1H3. The molecule has 0 spiro atoms. The van der Waals surface area contributed by atoms with E-state index in [9.17, 15) is 0 Å². The number of hydrogen-bond acceptors (Lipinski definition) is 3. The fourth-order valence-electron chi connectivity index (χ4n) is 0.981. The molecule has 0 aliphatic rings. The topological polar surface area (TPSA) is 32.3 Å². The predicted molar refractivity (Wildman–Crippen MR) is 51.9 cm³/mol. The van der Waals surface area contributed by atoms with Crippen molar-refractivity contribution in [3.8, 4) is 0 Å². The van der Waals surface area contributed by atoms with Crippen LogP contribution in [0.25, 0.3) is 0 Å². The van der Waals surface area contributed by atoms with E-state index in [1.807, 2.05) is 24.5 Å². The summed E-state index contributed by atoms with van der Waals surface area (Å²) in [6.07, 6.45) is 1.98. The van der Waals surface area contributed by atoms with E-state index in [0.717, 1.165) is 10.5 Å². The molecule has 2 nitrogen and oxygen atoms in total. The number of nitrogens with one attached hydrogen (secondary N) is 1. The van der Waals surface area contributed by atoms with E-state index in [0.29, 0.717) is 11.6 Å². The van der Waals surface area contributed by atoms with Gasteiger partial charge in [-0.15, -0.1) is 11.8 Å². The van der Waals surface area contributed by atoms with Crippen molar-refractivity contribution >= 4 is 23.4 Å². The molecule has 0 unspecified atom stereocenters. The molecule has 2 N–H and O–H groups in total. The van der Waals surface area contributed by atoms with Crippen LogP contribution in [0.4, 0.5) is 0 Å². The number of hydrogen-bond donors (Lipinski definition) is 2. The highest BCUT2D eigenvalue weighted by Gasteiger charge is 2.04. The molecule has 66 valence electrons. The van der Waals surface area contributed by atoms with Gasteiger partial charge in [0.1, 0.15) is 0 Å². The quantitative estimate of drug-likeness (QED) is 0.585. The van der Waals surface area contributed by atoms with Crippen LogP contribution in [0.5, 0.6) is 0 Å². The lowest BCUT2D eigenvalue weighted by Gasteiger charge is -2.07. The minimum atomic E-state index is 0.385.